The summed E-state index contributed by atoms with van der Waals surface area (Å²) < 4.78 is 0. The highest BCUT2D eigenvalue weighted by atomic mass is 14.5. The van der Waals surface area contributed by atoms with Gasteiger partial charge in [0, 0.05) is 6.54 Å². The summed E-state index contributed by atoms with van der Waals surface area (Å²) in [5.74, 6) is 0. The minimum absolute atomic E-state index is 0.632. The summed E-state index contributed by atoms with van der Waals surface area (Å²) in [6.45, 7) is 9.13. The summed E-state index contributed by atoms with van der Waals surface area (Å²) in [7, 11) is 0. The van der Waals surface area contributed by atoms with E-state index >= 15 is 0 Å². The van der Waals surface area contributed by atoms with Crippen LogP contribution in [0.4, 0.5) is 0 Å². The third kappa shape index (κ3) is 2.46. The quantitative estimate of drug-likeness (QED) is 0.760. The van der Waals surface area contributed by atoms with E-state index in [2.05, 4.69) is 45.9 Å². The topological polar surface area (TPSA) is 26.0 Å². The van der Waals surface area contributed by atoms with Gasteiger partial charge in [-0.25, -0.2) is 0 Å². The molecule has 0 fully saturated rings. The lowest BCUT2D eigenvalue weighted by atomic mass is 9.98. The van der Waals surface area contributed by atoms with E-state index in [1.54, 1.807) is 0 Å². The SMILES string of the molecule is CC(=Cc1c(C)cc(C)cc1C)CN. The average molecular weight is 189 g/mol. The Balaban J connectivity index is 3.21. The van der Waals surface area contributed by atoms with Crippen molar-refractivity contribution in [3.63, 3.8) is 0 Å². The normalized spacial score (nSPS) is 11.9. The van der Waals surface area contributed by atoms with Crippen molar-refractivity contribution in [2.45, 2.75) is 27.7 Å². The zero-order valence-corrected chi connectivity index (χ0v) is 9.52. The Labute approximate surface area is 86.6 Å². The van der Waals surface area contributed by atoms with Crippen molar-refractivity contribution in [3.05, 3.63) is 40.0 Å². The van der Waals surface area contributed by atoms with Gasteiger partial charge in [-0.1, -0.05) is 29.3 Å². The Kier molecular flexibility index (Phi) is 3.48. The fourth-order valence-electron chi connectivity index (χ4n) is 1.72. The Hall–Kier alpha value is -1.08. The molecule has 0 amide bonds. The number of benzene rings is 1. The molecule has 0 heterocycles. The molecule has 0 unspecified atom stereocenters. The first kappa shape index (κ1) is 11.0. The standard InChI is InChI=1S/C13H19N/c1-9-5-11(3)13(12(4)6-9)7-10(2)8-14/h5-7H,8,14H2,1-4H3. The molecule has 0 saturated heterocycles. The van der Waals surface area contributed by atoms with E-state index in [4.69, 9.17) is 5.73 Å². The largest absolute Gasteiger partial charge is 0.327 e. The molecule has 0 aliphatic heterocycles. The maximum absolute atomic E-state index is 5.58. The molecular formula is C13H19N. The molecule has 0 saturated carbocycles. The van der Waals surface area contributed by atoms with Gasteiger partial charge in [-0.15, -0.1) is 0 Å². The number of aryl methyl sites for hydroxylation is 3. The first-order chi connectivity index (χ1) is 6.54. The maximum Gasteiger partial charge on any atom is 0.0137 e. The molecule has 1 aromatic carbocycles. The van der Waals surface area contributed by atoms with Gasteiger partial charge in [0.15, 0.2) is 0 Å². The van der Waals surface area contributed by atoms with Gasteiger partial charge < -0.3 is 5.73 Å². The van der Waals surface area contributed by atoms with Crippen LogP contribution < -0.4 is 5.73 Å². The number of hydrogen-bond donors (Lipinski definition) is 1. The van der Waals surface area contributed by atoms with Gasteiger partial charge in [0.1, 0.15) is 0 Å². The second-order valence-corrected chi connectivity index (χ2v) is 4.01. The first-order valence-electron chi connectivity index (χ1n) is 4.99. The molecule has 0 spiro atoms. The molecule has 0 aliphatic carbocycles. The van der Waals surface area contributed by atoms with Crippen molar-refractivity contribution in [1.29, 1.82) is 0 Å². The predicted molar refractivity (Wildman–Crippen MR) is 63.4 cm³/mol. The van der Waals surface area contributed by atoms with Crippen molar-refractivity contribution in [3.8, 4) is 0 Å². The number of hydrogen-bond acceptors (Lipinski definition) is 1. The summed E-state index contributed by atoms with van der Waals surface area (Å²) >= 11 is 0. The molecule has 0 aromatic heterocycles. The first-order valence-corrected chi connectivity index (χ1v) is 4.99. The van der Waals surface area contributed by atoms with Crippen LogP contribution in [-0.2, 0) is 0 Å². The van der Waals surface area contributed by atoms with Gasteiger partial charge in [0.05, 0.1) is 0 Å². The van der Waals surface area contributed by atoms with Gasteiger partial charge >= 0.3 is 0 Å². The van der Waals surface area contributed by atoms with Gasteiger partial charge in [0.25, 0.3) is 0 Å². The molecule has 76 valence electrons. The Morgan fingerprint density at radius 3 is 2.14 bits per heavy atom. The van der Waals surface area contributed by atoms with Gasteiger partial charge in [0.2, 0.25) is 0 Å². The van der Waals surface area contributed by atoms with Crippen LogP contribution >= 0.6 is 0 Å². The van der Waals surface area contributed by atoms with E-state index in [0.29, 0.717) is 6.54 Å². The maximum atomic E-state index is 5.58. The van der Waals surface area contributed by atoms with Crippen LogP contribution in [-0.4, -0.2) is 6.54 Å². The summed E-state index contributed by atoms with van der Waals surface area (Å²) in [6.07, 6.45) is 2.18. The average Bonchev–Trinajstić information content (AvgIpc) is 2.10. The highest BCUT2D eigenvalue weighted by molar-refractivity contribution is 5.60. The minimum Gasteiger partial charge on any atom is -0.327 e. The van der Waals surface area contributed by atoms with Crippen LogP contribution in [0.3, 0.4) is 0 Å². The van der Waals surface area contributed by atoms with Gasteiger partial charge in [-0.05, 0) is 44.4 Å². The van der Waals surface area contributed by atoms with Crippen molar-refractivity contribution in [1.82, 2.24) is 0 Å². The molecular weight excluding hydrogens is 170 g/mol. The third-order valence-corrected chi connectivity index (χ3v) is 2.45. The fourth-order valence-corrected chi connectivity index (χ4v) is 1.72. The van der Waals surface area contributed by atoms with Crippen LogP contribution in [0.2, 0.25) is 0 Å². The monoisotopic (exact) mass is 189 g/mol. The van der Waals surface area contributed by atoms with Crippen LogP contribution in [0, 0.1) is 20.8 Å². The molecule has 1 aromatic rings. The smallest absolute Gasteiger partial charge is 0.0137 e. The van der Waals surface area contributed by atoms with Gasteiger partial charge in [-0.3, -0.25) is 0 Å². The Morgan fingerprint density at radius 2 is 1.71 bits per heavy atom. The highest BCUT2D eigenvalue weighted by Crippen LogP contribution is 2.19. The lowest BCUT2D eigenvalue weighted by molar-refractivity contribution is 1.15. The van der Waals surface area contributed by atoms with E-state index < -0.39 is 0 Å². The lowest BCUT2D eigenvalue weighted by Crippen LogP contribution is -2.00. The molecule has 0 aliphatic rings. The van der Waals surface area contributed by atoms with Crippen molar-refractivity contribution in [2.24, 2.45) is 5.73 Å². The van der Waals surface area contributed by atoms with E-state index in [9.17, 15) is 0 Å². The highest BCUT2D eigenvalue weighted by Gasteiger charge is 2.00. The van der Waals surface area contributed by atoms with Crippen molar-refractivity contribution >= 4 is 6.08 Å². The predicted octanol–water partition coefficient (Wildman–Crippen LogP) is 2.97. The van der Waals surface area contributed by atoms with Crippen molar-refractivity contribution < 1.29 is 0 Å². The summed E-state index contributed by atoms with van der Waals surface area (Å²) in [5.41, 5.74) is 12.1. The van der Waals surface area contributed by atoms with Crippen LogP contribution in [0.15, 0.2) is 17.7 Å². The summed E-state index contributed by atoms with van der Waals surface area (Å²) in [5, 5.41) is 0. The Bertz CT molecular complexity index is 338. The zero-order valence-electron chi connectivity index (χ0n) is 9.52. The number of nitrogens with two attached hydrogens (primary N) is 1. The molecule has 2 N–H and O–H groups in total. The molecule has 1 rings (SSSR count). The molecule has 14 heavy (non-hydrogen) atoms. The Morgan fingerprint density at radius 1 is 1.21 bits per heavy atom. The van der Waals surface area contributed by atoms with E-state index in [0.717, 1.165) is 0 Å². The van der Waals surface area contributed by atoms with Crippen molar-refractivity contribution in [2.75, 3.05) is 6.54 Å². The second-order valence-electron chi connectivity index (χ2n) is 4.01. The molecule has 0 bridgehead atoms. The van der Waals surface area contributed by atoms with Gasteiger partial charge in [-0.2, -0.15) is 0 Å². The van der Waals surface area contributed by atoms with E-state index in [1.807, 2.05) is 0 Å². The van der Waals surface area contributed by atoms with E-state index in [1.165, 1.54) is 27.8 Å². The summed E-state index contributed by atoms with van der Waals surface area (Å²) in [6, 6.07) is 4.42. The van der Waals surface area contributed by atoms with E-state index in [-0.39, 0.29) is 0 Å². The van der Waals surface area contributed by atoms with Crippen LogP contribution in [0.25, 0.3) is 6.08 Å². The minimum atomic E-state index is 0.632. The van der Waals surface area contributed by atoms with Crippen LogP contribution in [0.5, 0.6) is 0 Å². The molecule has 0 atom stereocenters. The molecule has 0 radical (unpaired) electrons. The summed E-state index contributed by atoms with van der Waals surface area (Å²) in [4.78, 5) is 0. The molecule has 1 heteroatoms. The second kappa shape index (κ2) is 4.43. The third-order valence-electron chi connectivity index (χ3n) is 2.45. The molecule has 1 nitrogen and oxygen atoms in total. The lowest BCUT2D eigenvalue weighted by Gasteiger charge is -2.08. The fraction of sp³-hybridized carbons (Fsp3) is 0.385. The zero-order chi connectivity index (χ0) is 10.7. The van der Waals surface area contributed by atoms with Crippen LogP contribution in [0.1, 0.15) is 29.2 Å². The number of rotatable bonds is 2.